The number of amides is 1. The number of carboxylic acid groups (broad SMARTS) is 1. The Labute approximate surface area is 130 Å². The summed E-state index contributed by atoms with van der Waals surface area (Å²) in [5.41, 5.74) is 0. The van der Waals surface area contributed by atoms with E-state index in [4.69, 9.17) is 14.4 Å². The van der Waals surface area contributed by atoms with E-state index in [-0.39, 0.29) is 24.5 Å². The molecule has 1 aliphatic rings. The zero-order valence-corrected chi connectivity index (χ0v) is 13.5. The van der Waals surface area contributed by atoms with Gasteiger partial charge in [-0.3, -0.25) is 14.5 Å². The second-order valence-electron chi connectivity index (χ2n) is 5.53. The van der Waals surface area contributed by atoms with Crippen molar-refractivity contribution in [3.8, 4) is 0 Å². The number of hydrogen-bond donors (Lipinski definition) is 1. The van der Waals surface area contributed by atoms with Gasteiger partial charge in [-0.15, -0.1) is 0 Å². The van der Waals surface area contributed by atoms with Gasteiger partial charge < -0.3 is 14.5 Å². The third kappa shape index (κ3) is 4.80. The highest BCUT2D eigenvalue weighted by atomic mass is 16.5. The number of likely N-dealkylation sites (tertiary alicyclic amines) is 1. The fraction of sp³-hybridized carbons (Fsp3) is 0.714. The summed E-state index contributed by atoms with van der Waals surface area (Å²) in [7, 11) is 2.01. The van der Waals surface area contributed by atoms with E-state index in [1.54, 1.807) is 6.92 Å². The van der Waals surface area contributed by atoms with Crippen LogP contribution in [0.3, 0.4) is 0 Å². The molecule has 1 aromatic heterocycles. The Balaban J connectivity index is 0.000000745. The number of aromatic nitrogens is 2. The van der Waals surface area contributed by atoms with Crippen molar-refractivity contribution in [1.82, 2.24) is 19.9 Å². The number of carbonyl (C=O) groups excluding carboxylic acids is 1. The lowest BCUT2D eigenvalue weighted by atomic mass is 10.1. The average molecular weight is 312 g/mol. The van der Waals surface area contributed by atoms with Crippen LogP contribution in [-0.4, -0.2) is 63.1 Å². The first-order valence-corrected chi connectivity index (χ1v) is 7.28. The van der Waals surface area contributed by atoms with Crippen molar-refractivity contribution < 1.29 is 19.2 Å². The second-order valence-corrected chi connectivity index (χ2v) is 5.53. The molecule has 1 saturated heterocycles. The van der Waals surface area contributed by atoms with Crippen molar-refractivity contribution in [3.05, 3.63) is 11.7 Å². The minimum Gasteiger partial charge on any atom is -0.483 e. The first kappa shape index (κ1) is 18.1. The number of nitrogens with zero attached hydrogens (tertiary/aromatic N) is 4. The highest BCUT2D eigenvalue weighted by Gasteiger charge is 2.32. The predicted octanol–water partition coefficient (Wildman–Crippen LogP) is 0.910. The van der Waals surface area contributed by atoms with Crippen molar-refractivity contribution >= 4 is 12.4 Å². The highest BCUT2D eigenvalue weighted by molar-refractivity contribution is 5.82. The SMILES string of the molecule is Cc1nc(CN(C(=O)[C@@H]2CCCN2C)C(C)C)no1.O=CO. The number of carbonyl (C=O) groups is 2. The fourth-order valence-corrected chi connectivity index (χ4v) is 2.49. The summed E-state index contributed by atoms with van der Waals surface area (Å²) in [5, 5.41) is 10.8. The number of likely N-dealkylation sites (N-methyl/N-ethyl adjacent to an activating group) is 1. The van der Waals surface area contributed by atoms with Gasteiger partial charge in [-0.1, -0.05) is 5.16 Å². The second kappa shape index (κ2) is 8.47. The fourth-order valence-electron chi connectivity index (χ4n) is 2.49. The summed E-state index contributed by atoms with van der Waals surface area (Å²) in [5.74, 6) is 1.27. The minimum atomic E-state index is -0.250. The molecule has 0 bridgehead atoms. The zero-order valence-electron chi connectivity index (χ0n) is 13.5. The van der Waals surface area contributed by atoms with E-state index in [0.717, 1.165) is 19.4 Å². The summed E-state index contributed by atoms with van der Waals surface area (Å²) in [4.78, 5) is 29.1. The molecule has 1 fully saturated rings. The topological polar surface area (TPSA) is 99.8 Å². The Bertz CT molecular complexity index is 489. The Hall–Kier alpha value is -1.96. The smallest absolute Gasteiger partial charge is 0.290 e. The molecule has 8 heteroatoms. The van der Waals surface area contributed by atoms with Gasteiger partial charge in [-0.25, -0.2) is 0 Å². The molecule has 0 saturated carbocycles. The molecule has 1 N–H and O–H groups in total. The van der Waals surface area contributed by atoms with Crippen LogP contribution in [0.2, 0.25) is 0 Å². The summed E-state index contributed by atoms with van der Waals surface area (Å²) < 4.78 is 4.96. The van der Waals surface area contributed by atoms with Crippen molar-refractivity contribution in [1.29, 1.82) is 0 Å². The Morgan fingerprint density at radius 1 is 1.59 bits per heavy atom. The first-order chi connectivity index (χ1) is 10.4. The normalized spacial score (nSPS) is 18.0. The van der Waals surface area contributed by atoms with Crippen molar-refractivity contribution in [2.24, 2.45) is 0 Å². The molecular formula is C14H24N4O4. The van der Waals surface area contributed by atoms with E-state index in [2.05, 4.69) is 15.0 Å². The average Bonchev–Trinajstić information content (AvgIpc) is 3.04. The molecule has 1 aliphatic heterocycles. The van der Waals surface area contributed by atoms with Gasteiger partial charge in [0.2, 0.25) is 11.8 Å². The van der Waals surface area contributed by atoms with E-state index in [0.29, 0.717) is 18.3 Å². The molecule has 0 spiro atoms. The standard InChI is InChI=1S/C13H22N4O2.CH2O2/c1-9(2)17(8-12-14-10(3)19-15-12)13(18)11-6-5-7-16(11)4;2-1-3/h9,11H,5-8H2,1-4H3;1H,(H,2,3)/t11-;/m0./s1. The molecule has 1 aromatic rings. The molecule has 0 radical (unpaired) electrons. The Morgan fingerprint density at radius 3 is 2.64 bits per heavy atom. The summed E-state index contributed by atoms with van der Waals surface area (Å²) in [6, 6.07) is 0.121. The molecule has 124 valence electrons. The van der Waals surface area contributed by atoms with Crippen LogP contribution < -0.4 is 0 Å². The van der Waals surface area contributed by atoms with Gasteiger partial charge >= 0.3 is 0 Å². The Morgan fingerprint density at radius 2 is 2.23 bits per heavy atom. The van der Waals surface area contributed by atoms with Gasteiger partial charge in [0.25, 0.3) is 6.47 Å². The van der Waals surface area contributed by atoms with E-state index in [1.807, 2.05) is 25.8 Å². The van der Waals surface area contributed by atoms with Crippen molar-refractivity contribution in [3.63, 3.8) is 0 Å². The van der Waals surface area contributed by atoms with Gasteiger partial charge in [0.1, 0.15) is 0 Å². The first-order valence-electron chi connectivity index (χ1n) is 7.28. The van der Waals surface area contributed by atoms with Gasteiger partial charge in [-0.2, -0.15) is 4.98 Å². The van der Waals surface area contributed by atoms with E-state index < -0.39 is 0 Å². The lowest BCUT2D eigenvalue weighted by Crippen LogP contribution is -2.47. The highest BCUT2D eigenvalue weighted by Crippen LogP contribution is 2.19. The molecule has 0 aliphatic carbocycles. The molecule has 2 heterocycles. The van der Waals surface area contributed by atoms with Crippen LogP contribution in [0.25, 0.3) is 0 Å². The monoisotopic (exact) mass is 312 g/mol. The number of rotatable bonds is 4. The third-order valence-corrected chi connectivity index (χ3v) is 3.59. The minimum absolute atomic E-state index is 0.00426. The third-order valence-electron chi connectivity index (χ3n) is 3.59. The molecule has 22 heavy (non-hydrogen) atoms. The maximum atomic E-state index is 12.6. The molecule has 1 atom stereocenters. The van der Waals surface area contributed by atoms with Gasteiger partial charge in [0.15, 0.2) is 5.82 Å². The molecule has 2 rings (SSSR count). The van der Waals surface area contributed by atoms with Crippen LogP contribution in [0.4, 0.5) is 0 Å². The number of aryl methyl sites for hydroxylation is 1. The van der Waals surface area contributed by atoms with Crippen LogP contribution in [0, 0.1) is 6.92 Å². The van der Waals surface area contributed by atoms with Crippen molar-refractivity contribution in [2.75, 3.05) is 13.6 Å². The van der Waals surface area contributed by atoms with Crippen LogP contribution in [-0.2, 0) is 16.1 Å². The Kier molecular flexibility index (Phi) is 6.97. The van der Waals surface area contributed by atoms with Gasteiger partial charge in [0, 0.05) is 13.0 Å². The van der Waals surface area contributed by atoms with Gasteiger partial charge in [-0.05, 0) is 40.3 Å². The summed E-state index contributed by atoms with van der Waals surface area (Å²) >= 11 is 0. The quantitative estimate of drug-likeness (QED) is 0.825. The van der Waals surface area contributed by atoms with Crippen LogP contribution in [0.5, 0.6) is 0 Å². The predicted molar refractivity (Wildman–Crippen MR) is 79.1 cm³/mol. The largest absolute Gasteiger partial charge is 0.483 e. The zero-order chi connectivity index (χ0) is 16.7. The molecular weight excluding hydrogens is 288 g/mol. The molecule has 1 amide bonds. The van der Waals surface area contributed by atoms with E-state index in [9.17, 15) is 4.79 Å². The van der Waals surface area contributed by atoms with Crippen molar-refractivity contribution in [2.45, 2.75) is 52.2 Å². The van der Waals surface area contributed by atoms with Crippen LogP contribution in [0.15, 0.2) is 4.52 Å². The summed E-state index contributed by atoms with van der Waals surface area (Å²) in [6.45, 7) is 6.93. The number of hydrogen-bond acceptors (Lipinski definition) is 6. The maximum Gasteiger partial charge on any atom is 0.290 e. The van der Waals surface area contributed by atoms with Crippen LogP contribution in [0.1, 0.15) is 38.4 Å². The van der Waals surface area contributed by atoms with Gasteiger partial charge in [0.05, 0.1) is 12.6 Å². The molecule has 8 nitrogen and oxygen atoms in total. The van der Waals surface area contributed by atoms with Crippen LogP contribution >= 0.6 is 0 Å². The van der Waals surface area contributed by atoms with E-state index in [1.165, 1.54) is 0 Å². The lowest BCUT2D eigenvalue weighted by molar-refractivity contribution is -0.138. The molecule has 0 unspecified atom stereocenters. The lowest BCUT2D eigenvalue weighted by Gasteiger charge is -2.30. The van der Waals surface area contributed by atoms with E-state index >= 15 is 0 Å². The maximum absolute atomic E-state index is 12.6. The molecule has 0 aromatic carbocycles. The summed E-state index contributed by atoms with van der Waals surface area (Å²) in [6.07, 6.45) is 2.02.